The molecule has 0 aliphatic rings. The Bertz CT molecular complexity index is 187. The molecule has 0 unspecified atom stereocenters. The minimum atomic E-state index is -3.76. The summed E-state index contributed by atoms with van der Waals surface area (Å²) in [4.78, 5) is 0. The van der Waals surface area contributed by atoms with Gasteiger partial charge < -0.3 is 5.73 Å². The fourth-order valence-electron chi connectivity index (χ4n) is 0.201. The normalized spacial score (nSPS) is 14.0. The fourth-order valence-corrected chi connectivity index (χ4v) is 0.602. The Labute approximate surface area is 47.6 Å². The molecule has 4 N–H and O–H groups in total. The molecular weight excluding hydrogens is 130 g/mol. The molecule has 48 valence electrons. The van der Waals surface area contributed by atoms with Crippen LogP contribution in [0.5, 0.6) is 0 Å². The molecule has 5 nitrogen and oxygen atoms in total. The number of hydrogen-bond donors (Lipinski definition) is 2. The van der Waals surface area contributed by atoms with Crippen LogP contribution in [0.3, 0.4) is 0 Å². The van der Waals surface area contributed by atoms with E-state index in [1.54, 1.807) is 0 Å². The summed E-state index contributed by atoms with van der Waals surface area (Å²) in [5.74, 6) is -0.0625. The van der Waals surface area contributed by atoms with Crippen LogP contribution in [0.1, 0.15) is 6.92 Å². The van der Waals surface area contributed by atoms with Gasteiger partial charge in [-0.15, -0.1) is 4.40 Å². The highest BCUT2D eigenvalue weighted by Crippen LogP contribution is 1.76. The zero-order valence-corrected chi connectivity index (χ0v) is 5.14. The fraction of sp³-hybridized carbons (Fsp3) is 0.500. The van der Waals surface area contributed by atoms with E-state index in [-0.39, 0.29) is 5.84 Å². The third kappa shape index (κ3) is 5.38. The summed E-state index contributed by atoms with van der Waals surface area (Å²) in [7, 11) is -3.76. The van der Waals surface area contributed by atoms with Crippen LogP contribution in [0.4, 0.5) is 0 Å². The molecular formula is C2H7N3O2S. The molecule has 0 heterocycles. The zero-order valence-electron chi connectivity index (χ0n) is 4.33. The van der Waals surface area contributed by atoms with Crippen molar-refractivity contribution in [2.24, 2.45) is 15.3 Å². The SMILES string of the molecule is CC(N)=NS(N)(=O)=O. The van der Waals surface area contributed by atoms with Crippen molar-refractivity contribution in [3.8, 4) is 0 Å². The van der Waals surface area contributed by atoms with E-state index >= 15 is 0 Å². The van der Waals surface area contributed by atoms with Gasteiger partial charge in [-0.25, -0.2) is 5.14 Å². The number of amidine groups is 1. The monoisotopic (exact) mass is 137 g/mol. The van der Waals surface area contributed by atoms with Crippen LogP contribution in [-0.2, 0) is 10.2 Å². The van der Waals surface area contributed by atoms with Crippen LogP contribution in [0.15, 0.2) is 4.40 Å². The van der Waals surface area contributed by atoms with Gasteiger partial charge in [-0.05, 0) is 6.92 Å². The quantitative estimate of drug-likeness (QED) is 0.342. The topological polar surface area (TPSA) is 98.5 Å². The first-order valence-corrected chi connectivity index (χ1v) is 3.27. The summed E-state index contributed by atoms with van der Waals surface area (Å²) >= 11 is 0. The molecule has 0 saturated heterocycles. The van der Waals surface area contributed by atoms with Crippen molar-refractivity contribution in [2.45, 2.75) is 6.92 Å². The molecule has 0 spiro atoms. The van der Waals surface area contributed by atoms with Crippen molar-refractivity contribution in [3.63, 3.8) is 0 Å². The molecule has 0 rings (SSSR count). The van der Waals surface area contributed by atoms with E-state index in [9.17, 15) is 8.42 Å². The molecule has 0 radical (unpaired) electrons. The molecule has 8 heavy (non-hydrogen) atoms. The van der Waals surface area contributed by atoms with Crippen LogP contribution < -0.4 is 10.9 Å². The first-order chi connectivity index (χ1) is 3.42. The predicted octanol–water partition coefficient (Wildman–Crippen LogP) is -1.43. The van der Waals surface area contributed by atoms with Gasteiger partial charge in [-0.1, -0.05) is 0 Å². The maximum absolute atomic E-state index is 9.95. The lowest BCUT2D eigenvalue weighted by atomic mass is 10.8. The highest BCUT2D eigenvalue weighted by Gasteiger charge is 1.93. The second-order valence-corrected chi connectivity index (χ2v) is 2.46. The van der Waals surface area contributed by atoms with E-state index in [1.807, 2.05) is 0 Å². The molecule has 0 saturated carbocycles. The number of nitrogens with two attached hydrogens (primary N) is 2. The molecule has 0 amide bonds. The van der Waals surface area contributed by atoms with E-state index < -0.39 is 10.2 Å². The summed E-state index contributed by atoms with van der Waals surface area (Å²) in [5.41, 5.74) is 4.87. The van der Waals surface area contributed by atoms with Gasteiger partial charge in [0.15, 0.2) is 0 Å². The largest absolute Gasteiger partial charge is 0.387 e. The van der Waals surface area contributed by atoms with Crippen LogP contribution in [0.25, 0.3) is 0 Å². The molecule has 0 aromatic carbocycles. The van der Waals surface area contributed by atoms with Gasteiger partial charge in [0.2, 0.25) is 0 Å². The maximum atomic E-state index is 9.95. The summed E-state index contributed by atoms with van der Waals surface area (Å²) in [5, 5.41) is 4.44. The van der Waals surface area contributed by atoms with Crippen molar-refractivity contribution < 1.29 is 8.42 Å². The Balaban J connectivity index is 4.36. The van der Waals surface area contributed by atoms with E-state index in [2.05, 4.69) is 9.54 Å². The molecule has 6 heteroatoms. The highest BCUT2D eigenvalue weighted by atomic mass is 32.2. The Kier molecular flexibility index (Phi) is 1.94. The molecule has 0 fully saturated rings. The number of hydrogen-bond acceptors (Lipinski definition) is 2. The summed E-state index contributed by atoms with van der Waals surface area (Å²) < 4.78 is 22.8. The summed E-state index contributed by atoms with van der Waals surface area (Å²) in [6.45, 7) is 1.34. The minimum absolute atomic E-state index is 0.0625. The van der Waals surface area contributed by atoms with Gasteiger partial charge in [0.05, 0.1) is 0 Å². The van der Waals surface area contributed by atoms with Crippen LogP contribution in [0, 0.1) is 0 Å². The molecule has 0 aromatic rings. The molecule has 0 atom stereocenters. The van der Waals surface area contributed by atoms with Gasteiger partial charge >= 0.3 is 10.2 Å². The highest BCUT2D eigenvalue weighted by molar-refractivity contribution is 7.88. The predicted molar refractivity (Wildman–Crippen MR) is 30.4 cm³/mol. The number of nitrogens with zero attached hydrogens (tertiary/aromatic N) is 1. The average molecular weight is 137 g/mol. The van der Waals surface area contributed by atoms with Gasteiger partial charge in [-0.3, -0.25) is 0 Å². The van der Waals surface area contributed by atoms with Gasteiger partial charge in [0.25, 0.3) is 0 Å². The smallest absolute Gasteiger partial charge is 0.318 e. The van der Waals surface area contributed by atoms with Gasteiger partial charge in [-0.2, -0.15) is 8.42 Å². The first kappa shape index (κ1) is 7.38. The Hall–Kier alpha value is -0.620. The van der Waals surface area contributed by atoms with E-state index in [1.165, 1.54) is 6.92 Å². The Morgan fingerprint density at radius 2 is 2.00 bits per heavy atom. The lowest BCUT2D eigenvalue weighted by molar-refractivity contribution is 0.599. The minimum Gasteiger partial charge on any atom is -0.387 e. The molecule has 0 aromatic heterocycles. The number of rotatable bonds is 1. The first-order valence-electron chi connectivity index (χ1n) is 1.76. The molecule has 0 aliphatic carbocycles. The summed E-state index contributed by atoms with van der Waals surface area (Å²) in [6, 6.07) is 0. The van der Waals surface area contributed by atoms with Crippen LogP contribution >= 0.6 is 0 Å². The summed E-state index contributed by atoms with van der Waals surface area (Å²) in [6.07, 6.45) is 0. The Morgan fingerprint density at radius 1 is 1.62 bits per heavy atom. The van der Waals surface area contributed by atoms with Crippen LogP contribution in [0.2, 0.25) is 0 Å². The molecule has 0 bridgehead atoms. The molecule has 0 aliphatic heterocycles. The standard InChI is InChI=1S/C2H7N3O2S/c1-2(3)5-8(4,6)7/h1H3,(H2,3,5)(H2,4,6,7). The average Bonchev–Trinajstić information content (AvgIpc) is 1.21. The third-order valence-corrected chi connectivity index (χ3v) is 0.814. The second-order valence-electron chi connectivity index (χ2n) is 1.25. The van der Waals surface area contributed by atoms with E-state index in [0.717, 1.165) is 0 Å². The van der Waals surface area contributed by atoms with Crippen molar-refractivity contribution in [2.75, 3.05) is 0 Å². The van der Waals surface area contributed by atoms with E-state index in [4.69, 9.17) is 5.73 Å². The maximum Gasteiger partial charge on any atom is 0.318 e. The van der Waals surface area contributed by atoms with Crippen molar-refractivity contribution in [1.29, 1.82) is 0 Å². The lowest BCUT2D eigenvalue weighted by Gasteiger charge is -1.85. The van der Waals surface area contributed by atoms with Gasteiger partial charge in [0.1, 0.15) is 5.84 Å². The van der Waals surface area contributed by atoms with Gasteiger partial charge in [0, 0.05) is 0 Å². The van der Waals surface area contributed by atoms with Crippen molar-refractivity contribution >= 4 is 16.0 Å². The zero-order chi connectivity index (χ0) is 6.78. The van der Waals surface area contributed by atoms with Crippen molar-refractivity contribution in [3.05, 3.63) is 0 Å². The Morgan fingerprint density at radius 3 is 2.00 bits per heavy atom. The third-order valence-electron chi connectivity index (χ3n) is 0.271. The second kappa shape index (κ2) is 2.10. The lowest BCUT2D eigenvalue weighted by Crippen LogP contribution is -2.15. The van der Waals surface area contributed by atoms with E-state index in [0.29, 0.717) is 0 Å². The van der Waals surface area contributed by atoms with Crippen LogP contribution in [-0.4, -0.2) is 14.3 Å². The van der Waals surface area contributed by atoms with Crippen molar-refractivity contribution in [1.82, 2.24) is 0 Å².